The van der Waals surface area contributed by atoms with Crippen molar-refractivity contribution in [2.75, 3.05) is 0 Å². The number of nitriles is 1. The predicted octanol–water partition coefficient (Wildman–Crippen LogP) is 5.74. The van der Waals surface area contributed by atoms with Gasteiger partial charge in [0.15, 0.2) is 11.6 Å². The maximum absolute atomic E-state index is 13.2. The summed E-state index contributed by atoms with van der Waals surface area (Å²) in [4.78, 5) is 26.4. The molecule has 1 fully saturated rings. The average Bonchev–Trinajstić information content (AvgIpc) is 2.72. The van der Waals surface area contributed by atoms with Gasteiger partial charge in [0.25, 0.3) is 0 Å². The number of carbonyl (C=O) groups is 2. The topological polar surface area (TPSA) is 76.4 Å². The Bertz CT molecular complexity index is 1130. The van der Waals surface area contributed by atoms with Crippen LogP contribution in [0.15, 0.2) is 36.4 Å². The normalized spacial score (nSPS) is 18.2. The standard InChI is InChI=1S/C25H24F3NO4/c1-6-14-7-9-17(32-19-10-8-16(25(26,27)28)11-15(19)13-29)12-18(14)20-21(30)23(2,3)33-24(4,5)22(20)31/h7-12,20H,6H2,1-5H3. The van der Waals surface area contributed by atoms with E-state index in [9.17, 15) is 28.0 Å². The first kappa shape index (κ1) is 24.5. The molecule has 174 valence electrons. The molecular weight excluding hydrogens is 435 g/mol. The molecule has 0 spiro atoms. The highest BCUT2D eigenvalue weighted by atomic mass is 19.4. The first-order valence-electron chi connectivity index (χ1n) is 10.4. The third-order valence-electron chi connectivity index (χ3n) is 5.69. The molecule has 0 saturated carbocycles. The SMILES string of the molecule is CCc1ccc(Oc2ccc(C(F)(F)F)cc2C#N)cc1C1C(=O)C(C)(C)OC(C)(C)C1=O. The maximum atomic E-state index is 13.2. The molecule has 0 bridgehead atoms. The highest BCUT2D eigenvalue weighted by Crippen LogP contribution is 2.41. The Morgan fingerprint density at radius 3 is 2.15 bits per heavy atom. The Morgan fingerprint density at radius 2 is 1.64 bits per heavy atom. The molecule has 0 amide bonds. The summed E-state index contributed by atoms with van der Waals surface area (Å²) >= 11 is 0. The van der Waals surface area contributed by atoms with Crippen LogP contribution in [0.25, 0.3) is 0 Å². The number of ether oxygens (including phenoxy) is 2. The molecule has 2 aromatic rings. The van der Waals surface area contributed by atoms with E-state index in [1.807, 2.05) is 6.92 Å². The fraction of sp³-hybridized carbons (Fsp3) is 0.400. The van der Waals surface area contributed by atoms with Gasteiger partial charge in [-0.25, -0.2) is 0 Å². The summed E-state index contributed by atoms with van der Waals surface area (Å²) in [5.74, 6) is -1.71. The van der Waals surface area contributed by atoms with E-state index in [-0.39, 0.29) is 28.6 Å². The molecule has 5 nitrogen and oxygen atoms in total. The highest BCUT2D eigenvalue weighted by Gasteiger charge is 2.53. The molecule has 3 rings (SSSR count). The first-order valence-corrected chi connectivity index (χ1v) is 10.4. The highest BCUT2D eigenvalue weighted by molar-refractivity contribution is 6.15. The smallest absolute Gasteiger partial charge is 0.416 e. The molecule has 0 aliphatic carbocycles. The Kier molecular flexibility index (Phi) is 6.16. The quantitative estimate of drug-likeness (QED) is 0.545. The second-order valence-corrected chi connectivity index (χ2v) is 8.92. The van der Waals surface area contributed by atoms with Gasteiger partial charge >= 0.3 is 6.18 Å². The van der Waals surface area contributed by atoms with Gasteiger partial charge in [0.1, 0.15) is 34.7 Å². The van der Waals surface area contributed by atoms with Crippen molar-refractivity contribution in [3.05, 3.63) is 58.7 Å². The number of nitrogens with zero attached hydrogens (tertiary/aromatic N) is 1. The Morgan fingerprint density at radius 1 is 1.03 bits per heavy atom. The van der Waals surface area contributed by atoms with Crippen molar-refractivity contribution in [1.29, 1.82) is 5.26 Å². The van der Waals surface area contributed by atoms with Crippen molar-refractivity contribution in [3.8, 4) is 17.6 Å². The number of benzene rings is 2. The molecule has 1 aliphatic heterocycles. The molecule has 2 aromatic carbocycles. The second-order valence-electron chi connectivity index (χ2n) is 8.92. The lowest BCUT2D eigenvalue weighted by molar-refractivity contribution is -0.184. The van der Waals surface area contributed by atoms with E-state index in [0.717, 1.165) is 17.7 Å². The van der Waals surface area contributed by atoms with Gasteiger partial charge in [-0.2, -0.15) is 18.4 Å². The van der Waals surface area contributed by atoms with Crippen LogP contribution in [0.2, 0.25) is 0 Å². The van der Waals surface area contributed by atoms with Crippen LogP contribution in [-0.4, -0.2) is 22.8 Å². The molecule has 1 aliphatic rings. The van der Waals surface area contributed by atoms with E-state index in [1.54, 1.807) is 45.9 Å². The number of ketones is 2. The maximum Gasteiger partial charge on any atom is 0.416 e. The molecule has 8 heteroatoms. The molecule has 1 heterocycles. The van der Waals surface area contributed by atoms with Crippen LogP contribution in [0.1, 0.15) is 62.8 Å². The van der Waals surface area contributed by atoms with E-state index in [2.05, 4.69) is 0 Å². The van der Waals surface area contributed by atoms with E-state index in [4.69, 9.17) is 9.47 Å². The minimum absolute atomic E-state index is 0.0639. The molecule has 0 N–H and O–H groups in total. The number of rotatable bonds is 4. The molecule has 0 aromatic heterocycles. The molecule has 0 atom stereocenters. The van der Waals surface area contributed by atoms with E-state index >= 15 is 0 Å². The average molecular weight is 459 g/mol. The summed E-state index contributed by atoms with van der Waals surface area (Å²) in [6, 6.07) is 9.16. The summed E-state index contributed by atoms with van der Waals surface area (Å²) in [7, 11) is 0. The lowest BCUT2D eigenvalue weighted by atomic mass is 9.73. The van der Waals surface area contributed by atoms with Gasteiger partial charge in [-0.15, -0.1) is 0 Å². The number of carbonyl (C=O) groups excluding carboxylic acids is 2. The minimum atomic E-state index is -4.59. The van der Waals surface area contributed by atoms with Crippen molar-refractivity contribution < 1.29 is 32.2 Å². The third-order valence-corrected chi connectivity index (χ3v) is 5.69. The van der Waals surface area contributed by atoms with Gasteiger partial charge in [0.05, 0.1) is 11.1 Å². The monoisotopic (exact) mass is 459 g/mol. The van der Waals surface area contributed by atoms with Crippen LogP contribution in [0.5, 0.6) is 11.5 Å². The van der Waals surface area contributed by atoms with Gasteiger partial charge < -0.3 is 9.47 Å². The van der Waals surface area contributed by atoms with Gasteiger partial charge in [-0.05, 0) is 75.6 Å². The Labute approximate surface area is 190 Å². The fourth-order valence-electron chi connectivity index (χ4n) is 4.07. The van der Waals surface area contributed by atoms with Crippen LogP contribution in [0, 0.1) is 11.3 Å². The Balaban J connectivity index is 2.06. The van der Waals surface area contributed by atoms with Crippen molar-refractivity contribution in [1.82, 2.24) is 0 Å². The summed E-state index contributed by atoms with van der Waals surface area (Å²) in [5, 5.41) is 9.31. The van der Waals surface area contributed by atoms with Crippen LogP contribution >= 0.6 is 0 Å². The van der Waals surface area contributed by atoms with Crippen molar-refractivity contribution >= 4 is 11.6 Å². The summed E-state index contributed by atoms with van der Waals surface area (Å²) in [6.45, 7) is 8.34. The lowest BCUT2D eigenvalue weighted by Gasteiger charge is -2.43. The number of hydrogen-bond donors (Lipinski definition) is 0. The van der Waals surface area contributed by atoms with E-state index in [0.29, 0.717) is 18.1 Å². The molecule has 0 unspecified atom stereocenters. The Hall–Kier alpha value is -3.18. The number of alkyl halides is 3. The summed E-state index contributed by atoms with van der Waals surface area (Å²) in [6.07, 6.45) is -4.05. The van der Waals surface area contributed by atoms with Crippen molar-refractivity contribution in [2.24, 2.45) is 0 Å². The van der Waals surface area contributed by atoms with Gasteiger partial charge in [0, 0.05) is 0 Å². The van der Waals surface area contributed by atoms with Crippen LogP contribution in [0.3, 0.4) is 0 Å². The largest absolute Gasteiger partial charge is 0.456 e. The van der Waals surface area contributed by atoms with Crippen LogP contribution in [-0.2, 0) is 26.9 Å². The first-order chi connectivity index (χ1) is 15.2. The number of hydrogen-bond acceptors (Lipinski definition) is 5. The van der Waals surface area contributed by atoms with Crippen molar-refractivity contribution in [2.45, 2.75) is 64.3 Å². The zero-order valence-electron chi connectivity index (χ0n) is 19.0. The molecular formula is C25H24F3NO4. The zero-order chi connectivity index (χ0) is 24.8. The van der Waals surface area contributed by atoms with Gasteiger partial charge in [-0.3, -0.25) is 9.59 Å². The van der Waals surface area contributed by atoms with Crippen LogP contribution in [0.4, 0.5) is 13.2 Å². The van der Waals surface area contributed by atoms with E-state index < -0.39 is 28.9 Å². The number of Topliss-reactive ketones (excluding diaryl/α,β-unsaturated/α-hetero) is 2. The van der Waals surface area contributed by atoms with Crippen LogP contribution < -0.4 is 4.74 Å². The molecule has 33 heavy (non-hydrogen) atoms. The predicted molar refractivity (Wildman–Crippen MR) is 114 cm³/mol. The molecule has 1 saturated heterocycles. The van der Waals surface area contributed by atoms with E-state index in [1.165, 1.54) is 6.07 Å². The van der Waals surface area contributed by atoms with Crippen molar-refractivity contribution in [3.63, 3.8) is 0 Å². The van der Waals surface area contributed by atoms with Gasteiger partial charge in [-0.1, -0.05) is 13.0 Å². The number of aryl methyl sites for hydroxylation is 1. The zero-order valence-corrected chi connectivity index (χ0v) is 19.0. The summed E-state index contributed by atoms with van der Waals surface area (Å²) < 4.78 is 50.4. The lowest BCUT2D eigenvalue weighted by Crippen LogP contribution is -2.58. The van der Waals surface area contributed by atoms with Gasteiger partial charge in [0.2, 0.25) is 0 Å². The number of halogens is 3. The second kappa shape index (κ2) is 8.31. The third kappa shape index (κ3) is 4.64. The minimum Gasteiger partial charge on any atom is -0.456 e. The summed E-state index contributed by atoms with van der Waals surface area (Å²) in [5.41, 5.74) is -2.41. The fourth-order valence-corrected chi connectivity index (χ4v) is 4.07. The molecule has 0 radical (unpaired) electrons.